The largest absolute Gasteiger partial charge is 0.338 e. The maximum absolute atomic E-state index is 11.8. The summed E-state index contributed by atoms with van der Waals surface area (Å²) in [4.78, 5) is 11.8. The fourth-order valence-electron chi connectivity index (χ4n) is 1.90. The number of carbonyl (C=O) groups excluding carboxylic acids is 1. The van der Waals surface area contributed by atoms with Crippen LogP contribution in [0.3, 0.4) is 0 Å². The number of benzene rings is 2. The van der Waals surface area contributed by atoms with E-state index in [4.69, 9.17) is 23.2 Å². The molecule has 2 rings (SSSR count). The Bertz CT molecular complexity index is 644. The number of halogens is 2. The van der Waals surface area contributed by atoms with Gasteiger partial charge in [0.15, 0.2) is 0 Å². The van der Waals surface area contributed by atoms with Crippen LogP contribution in [0.4, 0.5) is 10.5 Å². The van der Waals surface area contributed by atoms with Crippen LogP contribution in [0.25, 0.3) is 0 Å². The highest BCUT2D eigenvalue weighted by atomic mass is 35.5. The van der Waals surface area contributed by atoms with Gasteiger partial charge in [0.05, 0.1) is 10.7 Å². The van der Waals surface area contributed by atoms with Crippen LogP contribution in [0.2, 0.25) is 10.0 Å². The SMILES string of the molecule is Cc1ccc(NC(=O)NCCc2cccc(Cl)c2)c(Cl)c1. The van der Waals surface area contributed by atoms with Gasteiger partial charge in [0, 0.05) is 11.6 Å². The lowest BCUT2D eigenvalue weighted by atomic mass is 10.1. The van der Waals surface area contributed by atoms with Gasteiger partial charge in [-0.2, -0.15) is 0 Å². The summed E-state index contributed by atoms with van der Waals surface area (Å²) in [6.45, 7) is 2.47. The Morgan fingerprint density at radius 2 is 1.95 bits per heavy atom. The normalized spacial score (nSPS) is 10.2. The predicted molar refractivity (Wildman–Crippen MR) is 88.4 cm³/mol. The van der Waals surface area contributed by atoms with E-state index in [9.17, 15) is 4.79 Å². The minimum absolute atomic E-state index is 0.275. The van der Waals surface area contributed by atoms with Gasteiger partial charge in [-0.3, -0.25) is 0 Å². The standard InChI is InChI=1S/C16H16Cl2N2O/c1-11-5-6-15(14(18)9-11)20-16(21)19-8-7-12-3-2-4-13(17)10-12/h2-6,9-10H,7-8H2,1H3,(H2,19,20,21). The number of nitrogens with one attached hydrogen (secondary N) is 2. The van der Waals surface area contributed by atoms with Crippen LogP contribution in [0.1, 0.15) is 11.1 Å². The molecule has 0 unspecified atom stereocenters. The van der Waals surface area contributed by atoms with Crippen molar-refractivity contribution in [2.45, 2.75) is 13.3 Å². The third-order valence-electron chi connectivity index (χ3n) is 2.96. The highest BCUT2D eigenvalue weighted by Gasteiger charge is 2.05. The summed E-state index contributed by atoms with van der Waals surface area (Å²) in [6, 6.07) is 12.8. The molecule has 0 heterocycles. The van der Waals surface area contributed by atoms with Crippen molar-refractivity contribution in [1.29, 1.82) is 0 Å². The van der Waals surface area contributed by atoms with Crippen LogP contribution in [-0.4, -0.2) is 12.6 Å². The van der Waals surface area contributed by atoms with E-state index in [1.54, 1.807) is 6.07 Å². The summed E-state index contributed by atoms with van der Waals surface area (Å²) in [5, 5.41) is 6.74. The molecule has 0 aliphatic heterocycles. The summed E-state index contributed by atoms with van der Waals surface area (Å²) < 4.78 is 0. The Morgan fingerprint density at radius 3 is 2.67 bits per heavy atom. The molecule has 0 aliphatic rings. The van der Waals surface area contributed by atoms with Gasteiger partial charge in [-0.15, -0.1) is 0 Å². The Balaban J connectivity index is 1.82. The summed E-state index contributed by atoms with van der Waals surface area (Å²) in [6.07, 6.45) is 0.718. The summed E-state index contributed by atoms with van der Waals surface area (Å²) in [5.41, 5.74) is 2.73. The minimum Gasteiger partial charge on any atom is -0.338 e. The first-order valence-corrected chi connectivity index (χ1v) is 7.35. The average molecular weight is 323 g/mol. The van der Waals surface area contributed by atoms with E-state index >= 15 is 0 Å². The average Bonchev–Trinajstić information content (AvgIpc) is 2.42. The molecule has 2 amide bonds. The van der Waals surface area contributed by atoms with Gasteiger partial charge in [0.25, 0.3) is 0 Å². The predicted octanol–water partition coefficient (Wildman–Crippen LogP) is 4.67. The smallest absolute Gasteiger partial charge is 0.319 e. The quantitative estimate of drug-likeness (QED) is 0.844. The fourth-order valence-corrected chi connectivity index (χ4v) is 2.40. The summed E-state index contributed by atoms with van der Waals surface area (Å²) >= 11 is 12.0. The van der Waals surface area contributed by atoms with E-state index < -0.39 is 0 Å². The van der Waals surface area contributed by atoms with E-state index in [1.807, 2.05) is 43.3 Å². The summed E-state index contributed by atoms with van der Waals surface area (Å²) in [5.74, 6) is 0. The van der Waals surface area contributed by atoms with Crippen molar-refractivity contribution in [2.24, 2.45) is 0 Å². The molecule has 0 aromatic heterocycles. The van der Waals surface area contributed by atoms with Gasteiger partial charge in [0.2, 0.25) is 0 Å². The number of aryl methyl sites for hydroxylation is 1. The van der Waals surface area contributed by atoms with Crippen LogP contribution >= 0.6 is 23.2 Å². The van der Waals surface area contributed by atoms with E-state index in [0.29, 0.717) is 22.3 Å². The highest BCUT2D eigenvalue weighted by Crippen LogP contribution is 2.22. The highest BCUT2D eigenvalue weighted by molar-refractivity contribution is 6.33. The van der Waals surface area contributed by atoms with E-state index in [2.05, 4.69) is 10.6 Å². The van der Waals surface area contributed by atoms with Crippen molar-refractivity contribution in [3.8, 4) is 0 Å². The molecule has 2 aromatic rings. The number of amides is 2. The molecule has 3 nitrogen and oxygen atoms in total. The molecule has 5 heteroatoms. The Hall–Kier alpha value is -1.71. The Labute approximate surface area is 134 Å². The second-order valence-corrected chi connectivity index (χ2v) is 5.59. The van der Waals surface area contributed by atoms with Crippen LogP contribution < -0.4 is 10.6 Å². The molecular weight excluding hydrogens is 307 g/mol. The van der Waals surface area contributed by atoms with Gasteiger partial charge >= 0.3 is 6.03 Å². The third-order valence-corrected chi connectivity index (χ3v) is 3.51. The lowest BCUT2D eigenvalue weighted by Gasteiger charge is -2.09. The number of anilines is 1. The van der Waals surface area contributed by atoms with Crippen molar-refractivity contribution >= 4 is 34.9 Å². The zero-order chi connectivity index (χ0) is 15.2. The number of hydrogen-bond donors (Lipinski definition) is 2. The molecule has 2 N–H and O–H groups in total. The van der Waals surface area contributed by atoms with Crippen LogP contribution in [0, 0.1) is 6.92 Å². The van der Waals surface area contributed by atoms with Crippen LogP contribution in [0.5, 0.6) is 0 Å². The van der Waals surface area contributed by atoms with Crippen molar-refractivity contribution in [2.75, 3.05) is 11.9 Å². The first-order chi connectivity index (χ1) is 10.0. The number of rotatable bonds is 4. The zero-order valence-electron chi connectivity index (χ0n) is 11.6. The topological polar surface area (TPSA) is 41.1 Å². The van der Waals surface area contributed by atoms with Crippen molar-refractivity contribution in [3.63, 3.8) is 0 Å². The van der Waals surface area contributed by atoms with Crippen LogP contribution in [-0.2, 0) is 6.42 Å². The molecule has 0 radical (unpaired) electrons. The lowest BCUT2D eigenvalue weighted by Crippen LogP contribution is -2.30. The molecule has 0 fully saturated rings. The first-order valence-electron chi connectivity index (χ1n) is 6.60. The molecule has 0 aliphatic carbocycles. The molecule has 0 spiro atoms. The van der Waals surface area contributed by atoms with Gasteiger partial charge in [0.1, 0.15) is 0 Å². The molecule has 21 heavy (non-hydrogen) atoms. The van der Waals surface area contributed by atoms with Gasteiger partial charge in [-0.25, -0.2) is 4.79 Å². The minimum atomic E-state index is -0.275. The monoisotopic (exact) mass is 322 g/mol. The Morgan fingerprint density at radius 1 is 1.14 bits per heavy atom. The maximum atomic E-state index is 11.8. The van der Waals surface area contributed by atoms with Crippen molar-refractivity contribution in [3.05, 3.63) is 63.6 Å². The molecule has 0 atom stereocenters. The number of carbonyl (C=O) groups is 1. The zero-order valence-corrected chi connectivity index (χ0v) is 13.1. The van der Waals surface area contributed by atoms with Gasteiger partial charge in [-0.1, -0.05) is 41.4 Å². The Kier molecular flexibility index (Phi) is 5.48. The maximum Gasteiger partial charge on any atom is 0.319 e. The second kappa shape index (κ2) is 7.34. The first kappa shape index (κ1) is 15.7. The third kappa shape index (κ3) is 4.96. The van der Waals surface area contributed by atoms with Gasteiger partial charge < -0.3 is 10.6 Å². The van der Waals surface area contributed by atoms with E-state index in [0.717, 1.165) is 17.5 Å². The summed E-state index contributed by atoms with van der Waals surface area (Å²) in [7, 11) is 0. The molecule has 110 valence electrons. The van der Waals surface area contributed by atoms with Crippen molar-refractivity contribution in [1.82, 2.24) is 5.32 Å². The van der Waals surface area contributed by atoms with E-state index in [1.165, 1.54) is 0 Å². The number of hydrogen-bond acceptors (Lipinski definition) is 1. The fraction of sp³-hybridized carbons (Fsp3) is 0.188. The van der Waals surface area contributed by atoms with E-state index in [-0.39, 0.29) is 6.03 Å². The molecule has 0 saturated heterocycles. The lowest BCUT2D eigenvalue weighted by molar-refractivity contribution is 0.252. The van der Waals surface area contributed by atoms with Gasteiger partial charge in [-0.05, 0) is 48.7 Å². The second-order valence-electron chi connectivity index (χ2n) is 4.74. The van der Waals surface area contributed by atoms with Crippen LogP contribution in [0.15, 0.2) is 42.5 Å². The molecule has 2 aromatic carbocycles. The molecular formula is C16H16Cl2N2O. The number of urea groups is 1. The van der Waals surface area contributed by atoms with Crippen molar-refractivity contribution < 1.29 is 4.79 Å². The molecule has 0 saturated carbocycles. The molecule has 0 bridgehead atoms.